The van der Waals surface area contributed by atoms with Gasteiger partial charge in [-0.05, 0) is 12.1 Å². The maximum atomic E-state index is 5.51. The average Bonchev–Trinajstić information content (AvgIpc) is 2.65. The van der Waals surface area contributed by atoms with E-state index >= 15 is 0 Å². The highest BCUT2D eigenvalue weighted by molar-refractivity contribution is 5.26. The standard InChI is InChI=1S/C10H12N4O/c1-14-7-10(6-13-14)15-9-3-2-8(4-11)12-5-9/h2-3,5-7H,4,11H2,1H3. The van der Waals surface area contributed by atoms with Gasteiger partial charge < -0.3 is 10.5 Å². The van der Waals surface area contributed by atoms with Crippen molar-refractivity contribution in [2.24, 2.45) is 12.8 Å². The molecule has 5 heteroatoms. The van der Waals surface area contributed by atoms with Crippen LogP contribution >= 0.6 is 0 Å². The van der Waals surface area contributed by atoms with Gasteiger partial charge in [0, 0.05) is 13.6 Å². The Labute approximate surface area is 87.5 Å². The highest BCUT2D eigenvalue weighted by Crippen LogP contribution is 2.19. The van der Waals surface area contributed by atoms with Crippen LogP contribution in [0.5, 0.6) is 11.5 Å². The zero-order chi connectivity index (χ0) is 10.7. The van der Waals surface area contributed by atoms with E-state index in [9.17, 15) is 0 Å². The van der Waals surface area contributed by atoms with Gasteiger partial charge in [-0.3, -0.25) is 9.67 Å². The quantitative estimate of drug-likeness (QED) is 0.812. The molecule has 2 heterocycles. The number of nitrogens with zero attached hydrogens (tertiary/aromatic N) is 3. The van der Waals surface area contributed by atoms with Crippen molar-refractivity contribution in [3.8, 4) is 11.5 Å². The molecule has 0 unspecified atom stereocenters. The molecule has 0 bridgehead atoms. The summed E-state index contributed by atoms with van der Waals surface area (Å²) < 4.78 is 7.19. The van der Waals surface area contributed by atoms with Crippen molar-refractivity contribution < 1.29 is 4.74 Å². The molecule has 5 nitrogen and oxygen atoms in total. The van der Waals surface area contributed by atoms with Crippen LogP contribution in [0.15, 0.2) is 30.7 Å². The van der Waals surface area contributed by atoms with Gasteiger partial charge in [-0.25, -0.2) is 0 Å². The number of hydrogen-bond acceptors (Lipinski definition) is 4. The minimum absolute atomic E-state index is 0.438. The second-order valence-corrected chi connectivity index (χ2v) is 3.14. The number of rotatable bonds is 3. The van der Waals surface area contributed by atoms with Gasteiger partial charge in [0.1, 0.15) is 5.75 Å². The monoisotopic (exact) mass is 204 g/mol. The molecule has 0 aromatic carbocycles. The summed E-state index contributed by atoms with van der Waals surface area (Å²) in [5.74, 6) is 1.37. The van der Waals surface area contributed by atoms with E-state index < -0.39 is 0 Å². The van der Waals surface area contributed by atoms with Crippen LogP contribution in [0, 0.1) is 0 Å². The lowest BCUT2D eigenvalue weighted by Crippen LogP contribution is -1.98. The Morgan fingerprint density at radius 3 is 2.73 bits per heavy atom. The van der Waals surface area contributed by atoms with Crippen LogP contribution < -0.4 is 10.5 Å². The Bertz CT molecular complexity index is 435. The molecule has 0 fully saturated rings. The van der Waals surface area contributed by atoms with Crippen LogP contribution in [0.3, 0.4) is 0 Å². The summed E-state index contributed by atoms with van der Waals surface area (Å²) >= 11 is 0. The Hall–Kier alpha value is -1.88. The Morgan fingerprint density at radius 1 is 1.33 bits per heavy atom. The maximum absolute atomic E-state index is 5.51. The molecule has 0 amide bonds. The summed E-state index contributed by atoms with van der Waals surface area (Å²) in [6, 6.07) is 3.67. The highest BCUT2D eigenvalue weighted by atomic mass is 16.5. The molecule has 0 spiro atoms. The summed E-state index contributed by atoms with van der Waals surface area (Å²) in [6.45, 7) is 0.438. The number of ether oxygens (including phenoxy) is 1. The molecule has 2 aromatic heterocycles. The van der Waals surface area contributed by atoms with Gasteiger partial charge in [0.2, 0.25) is 0 Å². The summed E-state index contributed by atoms with van der Waals surface area (Å²) in [5, 5.41) is 4.00. The first kappa shape index (κ1) is 9.67. The molecule has 78 valence electrons. The first-order valence-electron chi connectivity index (χ1n) is 4.59. The summed E-state index contributed by atoms with van der Waals surface area (Å²) in [6.07, 6.45) is 5.09. The van der Waals surface area contributed by atoms with E-state index in [1.807, 2.05) is 19.2 Å². The lowest BCUT2D eigenvalue weighted by Gasteiger charge is -2.02. The second kappa shape index (κ2) is 4.10. The smallest absolute Gasteiger partial charge is 0.165 e. The van der Waals surface area contributed by atoms with E-state index in [0.717, 1.165) is 5.69 Å². The van der Waals surface area contributed by atoms with Crippen LogP contribution in [-0.2, 0) is 13.6 Å². The number of aryl methyl sites for hydroxylation is 1. The normalized spacial score (nSPS) is 10.3. The van der Waals surface area contributed by atoms with E-state index in [1.54, 1.807) is 23.3 Å². The molecule has 15 heavy (non-hydrogen) atoms. The minimum Gasteiger partial charge on any atom is -0.452 e. The first-order chi connectivity index (χ1) is 7.28. The topological polar surface area (TPSA) is 66.0 Å². The van der Waals surface area contributed by atoms with Crippen molar-refractivity contribution in [3.63, 3.8) is 0 Å². The molecule has 0 saturated heterocycles. The molecule has 0 aliphatic carbocycles. The number of hydrogen-bond donors (Lipinski definition) is 1. The number of pyridine rings is 1. The third kappa shape index (κ3) is 2.32. The molecule has 0 atom stereocenters. The Morgan fingerprint density at radius 2 is 2.20 bits per heavy atom. The first-order valence-corrected chi connectivity index (χ1v) is 4.59. The van der Waals surface area contributed by atoms with Crippen LogP contribution in [0.2, 0.25) is 0 Å². The summed E-state index contributed by atoms with van der Waals surface area (Å²) in [4.78, 5) is 4.12. The maximum Gasteiger partial charge on any atom is 0.165 e. The third-order valence-corrected chi connectivity index (χ3v) is 1.92. The predicted octanol–water partition coefficient (Wildman–Crippen LogP) is 1.07. The summed E-state index contributed by atoms with van der Waals surface area (Å²) in [5.41, 5.74) is 6.28. The van der Waals surface area contributed by atoms with Crippen LogP contribution in [-0.4, -0.2) is 14.8 Å². The fraction of sp³-hybridized carbons (Fsp3) is 0.200. The minimum atomic E-state index is 0.438. The van der Waals surface area contributed by atoms with E-state index in [4.69, 9.17) is 10.5 Å². The predicted molar refractivity (Wildman–Crippen MR) is 55.4 cm³/mol. The van der Waals surface area contributed by atoms with Crippen molar-refractivity contribution in [1.29, 1.82) is 0 Å². The Balaban J connectivity index is 2.11. The molecule has 0 aliphatic rings. The molecule has 0 saturated carbocycles. The van der Waals surface area contributed by atoms with E-state index in [0.29, 0.717) is 18.0 Å². The van der Waals surface area contributed by atoms with E-state index in [-0.39, 0.29) is 0 Å². The fourth-order valence-corrected chi connectivity index (χ4v) is 1.18. The number of aromatic nitrogens is 3. The molecule has 0 radical (unpaired) electrons. The zero-order valence-electron chi connectivity index (χ0n) is 8.42. The van der Waals surface area contributed by atoms with Crippen molar-refractivity contribution >= 4 is 0 Å². The molecule has 0 aliphatic heterocycles. The van der Waals surface area contributed by atoms with Gasteiger partial charge in [0.25, 0.3) is 0 Å². The molecule has 2 N–H and O–H groups in total. The van der Waals surface area contributed by atoms with Crippen molar-refractivity contribution in [3.05, 3.63) is 36.4 Å². The molecule has 2 rings (SSSR count). The largest absolute Gasteiger partial charge is 0.452 e. The van der Waals surface area contributed by atoms with Crippen LogP contribution in [0.4, 0.5) is 0 Å². The van der Waals surface area contributed by atoms with Crippen LogP contribution in [0.1, 0.15) is 5.69 Å². The zero-order valence-corrected chi connectivity index (χ0v) is 8.42. The highest BCUT2D eigenvalue weighted by Gasteiger charge is 1.99. The van der Waals surface area contributed by atoms with Crippen molar-refractivity contribution in [1.82, 2.24) is 14.8 Å². The van der Waals surface area contributed by atoms with Gasteiger partial charge in [0.05, 0.1) is 24.3 Å². The molecular formula is C10H12N4O. The molecule has 2 aromatic rings. The number of nitrogens with two attached hydrogens (primary N) is 1. The van der Waals surface area contributed by atoms with Crippen molar-refractivity contribution in [2.45, 2.75) is 6.54 Å². The molecular weight excluding hydrogens is 192 g/mol. The lowest BCUT2D eigenvalue weighted by molar-refractivity contribution is 0.479. The lowest BCUT2D eigenvalue weighted by atomic mass is 10.3. The Kier molecular flexibility index (Phi) is 2.64. The van der Waals surface area contributed by atoms with Gasteiger partial charge in [-0.15, -0.1) is 0 Å². The van der Waals surface area contributed by atoms with E-state index in [2.05, 4.69) is 10.1 Å². The van der Waals surface area contributed by atoms with Gasteiger partial charge in [-0.2, -0.15) is 5.10 Å². The fourth-order valence-electron chi connectivity index (χ4n) is 1.18. The summed E-state index contributed by atoms with van der Waals surface area (Å²) in [7, 11) is 1.84. The van der Waals surface area contributed by atoms with Gasteiger partial charge in [-0.1, -0.05) is 0 Å². The van der Waals surface area contributed by atoms with Crippen LogP contribution in [0.25, 0.3) is 0 Å². The van der Waals surface area contributed by atoms with E-state index in [1.165, 1.54) is 0 Å². The average molecular weight is 204 g/mol. The third-order valence-electron chi connectivity index (χ3n) is 1.92. The van der Waals surface area contributed by atoms with Gasteiger partial charge in [0.15, 0.2) is 5.75 Å². The van der Waals surface area contributed by atoms with Crippen molar-refractivity contribution in [2.75, 3.05) is 0 Å². The second-order valence-electron chi connectivity index (χ2n) is 3.14. The van der Waals surface area contributed by atoms with Gasteiger partial charge >= 0.3 is 0 Å². The SMILES string of the molecule is Cn1cc(Oc2ccc(CN)nc2)cn1.